The molecule has 0 amide bonds. The number of halogens is 1. The van der Waals surface area contributed by atoms with Gasteiger partial charge in [-0.05, 0) is 56.2 Å². The highest BCUT2D eigenvalue weighted by Crippen LogP contribution is 2.39. The summed E-state index contributed by atoms with van der Waals surface area (Å²) in [5.41, 5.74) is 1.24. The molecule has 0 unspecified atom stereocenters. The lowest BCUT2D eigenvalue weighted by Crippen LogP contribution is -2.49. The van der Waals surface area contributed by atoms with Crippen molar-refractivity contribution in [1.29, 1.82) is 0 Å². The Morgan fingerprint density at radius 2 is 1.76 bits per heavy atom. The zero-order valence-corrected chi connectivity index (χ0v) is 19.0. The van der Waals surface area contributed by atoms with Crippen LogP contribution in [-0.4, -0.2) is 56.5 Å². The summed E-state index contributed by atoms with van der Waals surface area (Å²) >= 11 is 0. The number of benzene rings is 1. The number of hydrogen-bond donors (Lipinski definition) is 2. The van der Waals surface area contributed by atoms with Crippen LogP contribution in [0.4, 0.5) is 10.2 Å². The van der Waals surface area contributed by atoms with E-state index >= 15 is 0 Å². The third kappa shape index (κ3) is 3.94. The molecule has 2 aliphatic heterocycles. The largest absolute Gasteiger partial charge is 0.507 e. The molecule has 6 rings (SSSR count). The highest BCUT2D eigenvalue weighted by atomic mass is 19.1. The van der Waals surface area contributed by atoms with Crippen molar-refractivity contribution in [3.8, 4) is 34.1 Å². The zero-order valence-electron chi connectivity index (χ0n) is 19.0. The number of fused-ring (bicyclic) bond motifs is 2. The number of methoxy groups -OCH3 is 1. The molecule has 1 aromatic carbocycles. The van der Waals surface area contributed by atoms with E-state index in [0.29, 0.717) is 52.6 Å². The number of nitrogens with one attached hydrogen (secondary N) is 1. The molecule has 0 radical (unpaired) electrons. The minimum absolute atomic E-state index is 0.0452. The number of anilines is 1. The standard InChI is InChI=1S/C25H27FN6O2/c1-34-24-11-20(21(26)12-27-24)14-2-7-19(22(33)8-14)25-28-13-23(30-31-25)32(17-5-6-17)18-9-15-3-4-16(10-18)29-15/h2,7-8,11-13,15-18,29,33H,3-6,9-10H2,1H3/t15-,16+,18-. The smallest absolute Gasteiger partial charge is 0.213 e. The van der Waals surface area contributed by atoms with E-state index in [-0.39, 0.29) is 5.75 Å². The fourth-order valence-corrected chi connectivity index (χ4v) is 5.43. The average molecular weight is 463 g/mol. The Balaban J connectivity index is 1.25. The molecule has 176 valence electrons. The molecule has 2 bridgehead atoms. The summed E-state index contributed by atoms with van der Waals surface area (Å²) in [5, 5.41) is 23.3. The van der Waals surface area contributed by atoms with Gasteiger partial charge in [-0.15, -0.1) is 10.2 Å². The van der Waals surface area contributed by atoms with Crippen molar-refractivity contribution in [3.05, 3.63) is 42.5 Å². The highest BCUT2D eigenvalue weighted by Gasteiger charge is 2.41. The molecule has 4 heterocycles. The lowest BCUT2D eigenvalue weighted by Gasteiger charge is -2.38. The third-order valence-electron chi connectivity index (χ3n) is 7.18. The van der Waals surface area contributed by atoms with Crippen molar-refractivity contribution in [1.82, 2.24) is 25.5 Å². The number of ether oxygens (including phenoxy) is 1. The van der Waals surface area contributed by atoms with Crippen LogP contribution in [0.15, 0.2) is 36.7 Å². The summed E-state index contributed by atoms with van der Waals surface area (Å²) in [7, 11) is 1.47. The van der Waals surface area contributed by atoms with E-state index in [1.54, 1.807) is 18.3 Å². The van der Waals surface area contributed by atoms with Gasteiger partial charge < -0.3 is 20.1 Å². The Hall–Kier alpha value is -3.33. The summed E-state index contributed by atoms with van der Waals surface area (Å²) in [6.07, 6.45) is 10.0. The molecule has 1 aliphatic carbocycles. The molecule has 34 heavy (non-hydrogen) atoms. The number of aromatic nitrogens is 4. The van der Waals surface area contributed by atoms with E-state index in [1.807, 2.05) is 0 Å². The lowest BCUT2D eigenvalue weighted by atomic mass is 9.98. The highest BCUT2D eigenvalue weighted by molar-refractivity contribution is 5.73. The molecule has 2 saturated heterocycles. The van der Waals surface area contributed by atoms with Gasteiger partial charge in [-0.2, -0.15) is 0 Å². The Morgan fingerprint density at radius 3 is 2.41 bits per heavy atom. The maximum atomic E-state index is 14.3. The van der Waals surface area contributed by atoms with E-state index in [4.69, 9.17) is 4.74 Å². The molecule has 2 aromatic heterocycles. The van der Waals surface area contributed by atoms with Gasteiger partial charge in [0.25, 0.3) is 0 Å². The molecule has 1 saturated carbocycles. The van der Waals surface area contributed by atoms with Crippen molar-refractivity contribution in [3.63, 3.8) is 0 Å². The second kappa shape index (κ2) is 8.47. The van der Waals surface area contributed by atoms with Gasteiger partial charge in [0.15, 0.2) is 11.6 Å². The van der Waals surface area contributed by atoms with Crippen molar-refractivity contribution in [2.45, 2.75) is 62.7 Å². The minimum Gasteiger partial charge on any atom is -0.507 e. The Morgan fingerprint density at radius 1 is 0.971 bits per heavy atom. The molecule has 3 aromatic rings. The van der Waals surface area contributed by atoms with Crippen LogP contribution >= 0.6 is 0 Å². The maximum Gasteiger partial charge on any atom is 0.213 e. The van der Waals surface area contributed by atoms with Crippen LogP contribution in [-0.2, 0) is 0 Å². The summed E-state index contributed by atoms with van der Waals surface area (Å²) in [6, 6.07) is 8.57. The number of aromatic hydroxyl groups is 1. The number of piperidine rings is 1. The molecular formula is C25H27FN6O2. The van der Waals surface area contributed by atoms with E-state index in [1.165, 1.54) is 44.9 Å². The second-order valence-corrected chi connectivity index (χ2v) is 9.48. The molecular weight excluding hydrogens is 435 g/mol. The maximum absolute atomic E-state index is 14.3. The van der Waals surface area contributed by atoms with Crippen molar-refractivity contribution in [2.24, 2.45) is 0 Å². The van der Waals surface area contributed by atoms with E-state index < -0.39 is 5.82 Å². The minimum atomic E-state index is -0.498. The van der Waals surface area contributed by atoms with E-state index in [9.17, 15) is 9.50 Å². The summed E-state index contributed by atoms with van der Waals surface area (Å²) < 4.78 is 19.4. The number of pyridine rings is 1. The Kier molecular flexibility index (Phi) is 5.28. The molecule has 0 spiro atoms. The molecule has 3 aliphatic rings. The van der Waals surface area contributed by atoms with Gasteiger partial charge >= 0.3 is 0 Å². The molecule has 9 heteroatoms. The van der Waals surface area contributed by atoms with Crippen LogP contribution < -0.4 is 15.0 Å². The fourth-order valence-electron chi connectivity index (χ4n) is 5.43. The number of nitrogens with zero attached hydrogens (tertiary/aromatic N) is 5. The van der Waals surface area contributed by atoms with Crippen molar-refractivity contribution in [2.75, 3.05) is 12.0 Å². The zero-order chi connectivity index (χ0) is 23.2. The van der Waals surface area contributed by atoms with Gasteiger partial charge in [0.2, 0.25) is 5.88 Å². The predicted molar refractivity (Wildman–Crippen MR) is 125 cm³/mol. The van der Waals surface area contributed by atoms with Gasteiger partial charge in [0, 0.05) is 35.8 Å². The normalized spacial score (nSPS) is 23.6. The lowest BCUT2D eigenvalue weighted by molar-refractivity contribution is 0.343. The number of rotatable bonds is 6. The quantitative estimate of drug-likeness (QED) is 0.572. The van der Waals surface area contributed by atoms with Crippen LogP contribution in [0.1, 0.15) is 38.5 Å². The molecule has 2 N–H and O–H groups in total. The van der Waals surface area contributed by atoms with Crippen LogP contribution in [0.3, 0.4) is 0 Å². The first-order chi connectivity index (χ1) is 16.6. The van der Waals surface area contributed by atoms with E-state index in [0.717, 1.165) is 24.9 Å². The second-order valence-electron chi connectivity index (χ2n) is 9.48. The Bertz CT molecular complexity index is 1190. The van der Waals surface area contributed by atoms with Gasteiger partial charge in [0.05, 0.1) is 25.1 Å². The van der Waals surface area contributed by atoms with Gasteiger partial charge in [-0.25, -0.2) is 14.4 Å². The summed E-state index contributed by atoms with van der Waals surface area (Å²) in [6.45, 7) is 0. The average Bonchev–Trinajstić information content (AvgIpc) is 3.63. The Labute approximate surface area is 197 Å². The van der Waals surface area contributed by atoms with Crippen molar-refractivity contribution < 1.29 is 14.2 Å². The number of phenolic OH excluding ortho intramolecular Hbond substituents is 1. The SMILES string of the molecule is COc1cc(-c2ccc(-c3ncc(N(C4CC4)[C@@H]4C[C@H]5CC[C@@H](C4)N5)nn3)c(O)c2)c(F)cn1. The van der Waals surface area contributed by atoms with Gasteiger partial charge in [-0.3, -0.25) is 0 Å². The topological polar surface area (TPSA) is 96.3 Å². The molecule has 3 atom stereocenters. The van der Waals surface area contributed by atoms with Crippen molar-refractivity contribution >= 4 is 5.82 Å². The fraction of sp³-hybridized carbons (Fsp3) is 0.440. The number of hydrogen-bond acceptors (Lipinski definition) is 8. The van der Waals surface area contributed by atoms with Crippen LogP contribution in [0.5, 0.6) is 11.6 Å². The number of phenols is 1. The monoisotopic (exact) mass is 462 g/mol. The summed E-state index contributed by atoms with van der Waals surface area (Å²) in [4.78, 5) is 10.8. The van der Waals surface area contributed by atoms with Crippen LogP contribution in [0, 0.1) is 5.82 Å². The first-order valence-electron chi connectivity index (χ1n) is 11.9. The summed E-state index contributed by atoms with van der Waals surface area (Å²) in [5.74, 6) is 0.893. The first-order valence-corrected chi connectivity index (χ1v) is 11.9. The van der Waals surface area contributed by atoms with Crippen LogP contribution in [0.25, 0.3) is 22.5 Å². The van der Waals surface area contributed by atoms with Crippen LogP contribution in [0.2, 0.25) is 0 Å². The van der Waals surface area contributed by atoms with Gasteiger partial charge in [0.1, 0.15) is 11.6 Å². The first kappa shape index (κ1) is 21.2. The third-order valence-corrected chi connectivity index (χ3v) is 7.18. The predicted octanol–water partition coefficient (Wildman–Crippen LogP) is 3.71. The molecule has 8 nitrogen and oxygen atoms in total. The molecule has 3 fully saturated rings. The van der Waals surface area contributed by atoms with E-state index in [2.05, 4.69) is 30.4 Å². The van der Waals surface area contributed by atoms with Gasteiger partial charge in [-0.1, -0.05) is 6.07 Å².